The lowest BCUT2D eigenvalue weighted by Crippen LogP contribution is -2.25. The van der Waals surface area contributed by atoms with E-state index in [1.165, 1.54) is 0 Å². The summed E-state index contributed by atoms with van der Waals surface area (Å²) >= 11 is 0. The molecule has 0 saturated carbocycles. The van der Waals surface area contributed by atoms with Crippen molar-refractivity contribution in [2.75, 3.05) is 6.54 Å². The smallest absolute Gasteiger partial charge is 0.261 e. The number of unbranched alkanes of at least 4 members (excludes halogenated alkanes) is 1. The Labute approximate surface area is 129 Å². The van der Waals surface area contributed by atoms with E-state index in [0.717, 1.165) is 37.5 Å². The van der Waals surface area contributed by atoms with Gasteiger partial charge < -0.3 is 5.32 Å². The van der Waals surface area contributed by atoms with Crippen LogP contribution in [0, 0.1) is 11.7 Å². The predicted molar refractivity (Wildman–Crippen MR) is 80.5 cm³/mol. The average Bonchev–Trinajstić information content (AvgIpc) is 2.36. The third-order valence-corrected chi connectivity index (χ3v) is 4.31. The molecule has 0 aliphatic carbocycles. The molecule has 0 aromatic heterocycles. The molecule has 0 fully saturated rings. The fraction of sp³-hybridized carbons (Fsp3) is 0.500. The van der Waals surface area contributed by atoms with Crippen molar-refractivity contribution in [1.82, 2.24) is 5.32 Å². The number of hydrogen-bond donors (Lipinski definition) is 1. The van der Waals surface area contributed by atoms with Gasteiger partial charge in [-0.1, -0.05) is 26.7 Å². The van der Waals surface area contributed by atoms with Gasteiger partial charge >= 0.3 is 0 Å². The van der Waals surface area contributed by atoms with Gasteiger partial charge in [0.25, 0.3) is 15.0 Å². The van der Waals surface area contributed by atoms with Crippen LogP contribution in [-0.2, 0) is 9.05 Å². The molecule has 0 saturated heterocycles. The van der Waals surface area contributed by atoms with Crippen molar-refractivity contribution in [1.29, 1.82) is 0 Å². The minimum absolute atomic E-state index is 0.296. The minimum atomic E-state index is -3.99. The molecule has 0 radical (unpaired) electrons. The van der Waals surface area contributed by atoms with E-state index in [9.17, 15) is 17.6 Å². The molecule has 4 nitrogen and oxygen atoms in total. The van der Waals surface area contributed by atoms with Crippen molar-refractivity contribution in [3.8, 4) is 0 Å². The van der Waals surface area contributed by atoms with Gasteiger partial charge in [-0.25, -0.2) is 12.8 Å². The Hall–Kier alpha value is -1.14. The number of nitrogens with one attached hydrogen (secondary N) is 1. The van der Waals surface area contributed by atoms with Crippen LogP contribution in [0.5, 0.6) is 0 Å². The lowest BCUT2D eigenvalue weighted by molar-refractivity contribution is 0.0948. The number of hydrogen-bond acceptors (Lipinski definition) is 3. The maximum atomic E-state index is 13.6. The number of amides is 1. The first-order valence-electron chi connectivity index (χ1n) is 6.74. The van der Waals surface area contributed by atoms with E-state index in [1.54, 1.807) is 0 Å². The zero-order chi connectivity index (χ0) is 16.0. The maximum Gasteiger partial charge on any atom is 0.261 e. The van der Waals surface area contributed by atoms with E-state index in [0.29, 0.717) is 12.5 Å². The van der Waals surface area contributed by atoms with Gasteiger partial charge in [-0.05, 0) is 30.5 Å². The Bertz CT molecular complexity index is 602. The predicted octanol–water partition coefficient (Wildman–Crippen LogP) is 3.31. The second kappa shape index (κ2) is 7.75. The van der Waals surface area contributed by atoms with E-state index < -0.39 is 20.8 Å². The van der Waals surface area contributed by atoms with Crippen molar-refractivity contribution in [2.24, 2.45) is 5.92 Å². The summed E-state index contributed by atoms with van der Waals surface area (Å²) in [7, 11) is 1.19. The van der Waals surface area contributed by atoms with Gasteiger partial charge in [0.05, 0.1) is 10.5 Å². The van der Waals surface area contributed by atoms with Crippen molar-refractivity contribution in [3.63, 3.8) is 0 Å². The summed E-state index contributed by atoms with van der Waals surface area (Å²) in [6, 6.07) is 2.89. The van der Waals surface area contributed by atoms with Gasteiger partial charge in [0.2, 0.25) is 0 Å². The zero-order valence-corrected chi connectivity index (χ0v) is 13.6. The summed E-state index contributed by atoms with van der Waals surface area (Å²) in [5.74, 6) is -0.818. The summed E-state index contributed by atoms with van der Waals surface area (Å²) in [5.41, 5.74) is -0.319. The highest BCUT2D eigenvalue weighted by Crippen LogP contribution is 2.18. The Morgan fingerprint density at radius 2 is 2.00 bits per heavy atom. The van der Waals surface area contributed by atoms with Crippen LogP contribution >= 0.6 is 10.7 Å². The molecule has 1 aromatic rings. The SMILES string of the molecule is CC(C)CCCCNC(=O)c1cc(S(=O)(=O)Cl)ccc1F. The first kappa shape index (κ1) is 17.9. The molecular formula is C14H19ClFNO3S. The van der Waals surface area contributed by atoms with Crippen LogP contribution in [0.3, 0.4) is 0 Å². The van der Waals surface area contributed by atoms with Crippen LogP contribution in [0.2, 0.25) is 0 Å². The maximum absolute atomic E-state index is 13.6. The number of benzene rings is 1. The van der Waals surface area contributed by atoms with Gasteiger partial charge in [-0.2, -0.15) is 0 Å². The molecule has 0 spiro atoms. The van der Waals surface area contributed by atoms with Gasteiger partial charge in [0.15, 0.2) is 0 Å². The Morgan fingerprint density at radius 1 is 1.33 bits per heavy atom. The third kappa shape index (κ3) is 6.01. The van der Waals surface area contributed by atoms with Gasteiger partial charge in [-0.3, -0.25) is 4.79 Å². The molecule has 1 aromatic carbocycles. The van der Waals surface area contributed by atoms with Gasteiger partial charge in [0, 0.05) is 17.2 Å². The van der Waals surface area contributed by atoms with Crippen molar-refractivity contribution in [2.45, 2.75) is 38.0 Å². The van der Waals surface area contributed by atoms with Crippen molar-refractivity contribution in [3.05, 3.63) is 29.6 Å². The van der Waals surface area contributed by atoms with E-state index in [2.05, 4.69) is 19.2 Å². The van der Waals surface area contributed by atoms with Crippen LogP contribution in [0.4, 0.5) is 4.39 Å². The van der Waals surface area contributed by atoms with Crippen LogP contribution < -0.4 is 5.32 Å². The number of carbonyl (C=O) groups is 1. The molecule has 1 rings (SSSR count). The standard InChI is InChI=1S/C14H19ClFNO3S/c1-10(2)5-3-4-8-17-14(18)12-9-11(21(15,19)20)6-7-13(12)16/h6-7,9-10H,3-5,8H2,1-2H3,(H,17,18). The number of halogens is 2. The minimum Gasteiger partial charge on any atom is -0.352 e. The molecule has 0 aliphatic rings. The molecule has 0 bridgehead atoms. The summed E-state index contributed by atoms with van der Waals surface area (Å²) in [4.78, 5) is 11.6. The molecule has 21 heavy (non-hydrogen) atoms. The van der Waals surface area contributed by atoms with E-state index in [1.807, 2.05) is 0 Å². The normalized spacial score (nSPS) is 11.7. The lowest BCUT2D eigenvalue weighted by atomic mass is 10.1. The first-order chi connectivity index (χ1) is 9.71. The van der Waals surface area contributed by atoms with Gasteiger partial charge in [0.1, 0.15) is 5.82 Å². The molecule has 118 valence electrons. The summed E-state index contributed by atoms with van der Waals surface area (Å²) in [6.45, 7) is 4.65. The number of rotatable bonds is 7. The topological polar surface area (TPSA) is 63.2 Å². The quantitative estimate of drug-likeness (QED) is 0.614. The Kier molecular flexibility index (Phi) is 6.61. The molecule has 1 N–H and O–H groups in total. The third-order valence-electron chi connectivity index (χ3n) is 2.96. The molecule has 0 aliphatic heterocycles. The second-order valence-corrected chi connectivity index (χ2v) is 7.79. The highest BCUT2D eigenvalue weighted by atomic mass is 35.7. The van der Waals surface area contributed by atoms with E-state index in [4.69, 9.17) is 10.7 Å². The molecule has 0 unspecified atom stereocenters. The number of carbonyl (C=O) groups excluding carboxylic acids is 1. The summed E-state index contributed by atoms with van der Waals surface area (Å²) in [6.07, 6.45) is 2.82. The fourth-order valence-electron chi connectivity index (χ4n) is 1.80. The van der Waals surface area contributed by atoms with E-state index in [-0.39, 0.29) is 10.5 Å². The van der Waals surface area contributed by atoms with Crippen LogP contribution in [0.15, 0.2) is 23.1 Å². The lowest BCUT2D eigenvalue weighted by Gasteiger charge is -2.08. The van der Waals surface area contributed by atoms with Crippen molar-refractivity contribution < 1.29 is 17.6 Å². The average molecular weight is 336 g/mol. The Morgan fingerprint density at radius 3 is 2.57 bits per heavy atom. The van der Waals surface area contributed by atoms with Gasteiger partial charge in [-0.15, -0.1) is 0 Å². The molecule has 0 heterocycles. The highest BCUT2D eigenvalue weighted by Gasteiger charge is 2.17. The fourth-order valence-corrected chi connectivity index (χ4v) is 2.58. The second-order valence-electron chi connectivity index (χ2n) is 5.23. The highest BCUT2D eigenvalue weighted by molar-refractivity contribution is 8.13. The molecular weight excluding hydrogens is 317 g/mol. The van der Waals surface area contributed by atoms with Crippen molar-refractivity contribution >= 4 is 25.6 Å². The monoisotopic (exact) mass is 335 g/mol. The zero-order valence-electron chi connectivity index (χ0n) is 12.0. The molecule has 7 heteroatoms. The van der Waals surface area contributed by atoms with Crippen LogP contribution in [0.1, 0.15) is 43.5 Å². The molecule has 0 atom stereocenters. The molecule has 1 amide bonds. The largest absolute Gasteiger partial charge is 0.352 e. The van der Waals surface area contributed by atoms with E-state index >= 15 is 0 Å². The summed E-state index contributed by atoms with van der Waals surface area (Å²) in [5, 5.41) is 2.58. The first-order valence-corrected chi connectivity index (χ1v) is 9.05. The van der Waals surface area contributed by atoms with Crippen LogP contribution in [0.25, 0.3) is 0 Å². The summed E-state index contributed by atoms with van der Waals surface area (Å²) < 4.78 is 36.0. The Balaban J connectivity index is 2.66. The van der Waals surface area contributed by atoms with Crippen LogP contribution in [-0.4, -0.2) is 20.9 Å².